The summed E-state index contributed by atoms with van der Waals surface area (Å²) in [6.07, 6.45) is -4.03. The maximum atomic E-state index is 12.9. The summed E-state index contributed by atoms with van der Waals surface area (Å²) in [5.41, 5.74) is -1.01. The summed E-state index contributed by atoms with van der Waals surface area (Å²) < 4.78 is 75.6. The minimum absolute atomic E-state index is 0.0668. The van der Waals surface area contributed by atoms with Gasteiger partial charge in [-0.2, -0.15) is 17.5 Å². The molecular weight excluding hydrogens is 425 g/mol. The van der Waals surface area contributed by atoms with Crippen molar-refractivity contribution in [2.75, 3.05) is 53.6 Å². The fourth-order valence-electron chi connectivity index (χ4n) is 3.32. The number of hydrogen-bond acceptors (Lipinski definition) is 5. The molecule has 1 fully saturated rings. The molecule has 2 rings (SSSR count). The van der Waals surface area contributed by atoms with Gasteiger partial charge in [-0.15, -0.1) is 0 Å². The number of halogens is 3. The number of piperidine rings is 1. The van der Waals surface area contributed by atoms with Crippen LogP contribution in [0.2, 0.25) is 0 Å². The number of nitrogens with zero attached hydrogens (tertiary/aromatic N) is 2. The molecule has 1 aliphatic heterocycles. The van der Waals surface area contributed by atoms with E-state index in [-0.39, 0.29) is 24.9 Å². The smallest absolute Gasteiger partial charge is 0.383 e. The quantitative estimate of drug-likeness (QED) is 0.574. The minimum Gasteiger partial charge on any atom is -0.383 e. The zero-order valence-corrected chi connectivity index (χ0v) is 17.8. The van der Waals surface area contributed by atoms with Gasteiger partial charge >= 0.3 is 6.18 Å². The summed E-state index contributed by atoms with van der Waals surface area (Å²) in [6.45, 7) is 1.69. The second-order valence-electron chi connectivity index (χ2n) is 7.01. The topological polar surface area (TPSA) is 76.2 Å². The van der Waals surface area contributed by atoms with Crippen molar-refractivity contribution >= 4 is 15.9 Å². The lowest BCUT2D eigenvalue weighted by molar-refractivity contribution is -0.138. The van der Waals surface area contributed by atoms with Crippen molar-refractivity contribution in [1.29, 1.82) is 0 Å². The molecule has 1 amide bonds. The van der Waals surface area contributed by atoms with Crippen LogP contribution >= 0.6 is 0 Å². The molecule has 170 valence electrons. The highest BCUT2D eigenvalue weighted by molar-refractivity contribution is 7.89. The number of hydrogen-bond donors (Lipinski definition) is 0. The van der Waals surface area contributed by atoms with E-state index in [1.807, 2.05) is 0 Å². The molecule has 1 aromatic rings. The lowest BCUT2D eigenvalue weighted by Gasteiger charge is -2.33. The van der Waals surface area contributed by atoms with Crippen molar-refractivity contribution in [2.45, 2.75) is 23.9 Å². The van der Waals surface area contributed by atoms with E-state index in [9.17, 15) is 26.4 Å². The number of methoxy groups -OCH3 is 2. The molecule has 0 unspecified atom stereocenters. The Morgan fingerprint density at radius 2 is 1.70 bits per heavy atom. The molecule has 0 aliphatic carbocycles. The average molecular weight is 452 g/mol. The first-order chi connectivity index (χ1) is 14.1. The van der Waals surface area contributed by atoms with Gasteiger partial charge in [0.2, 0.25) is 15.9 Å². The Bertz CT molecular complexity index is 801. The molecule has 7 nitrogen and oxygen atoms in total. The number of carbonyl (C=O) groups is 1. The largest absolute Gasteiger partial charge is 0.416 e. The van der Waals surface area contributed by atoms with Gasteiger partial charge in [-0.1, -0.05) is 6.07 Å². The van der Waals surface area contributed by atoms with Gasteiger partial charge in [0, 0.05) is 46.3 Å². The van der Waals surface area contributed by atoms with Crippen molar-refractivity contribution in [2.24, 2.45) is 5.92 Å². The molecule has 1 saturated heterocycles. The third-order valence-electron chi connectivity index (χ3n) is 5.04. The molecule has 1 aromatic carbocycles. The maximum absolute atomic E-state index is 12.9. The van der Waals surface area contributed by atoms with Gasteiger partial charge in [-0.25, -0.2) is 8.42 Å². The predicted molar refractivity (Wildman–Crippen MR) is 103 cm³/mol. The van der Waals surface area contributed by atoms with Crippen LogP contribution in [0.15, 0.2) is 29.2 Å². The predicted octanol–water partition coefficient (Wildman–Crippen LogP) is 2.23. The number of ether oxygens (including phenoxy) is 2. The molecule has 0 aromatic heterocycles. The number of sulfonamides is 1. The molecule has 30 heavy (non-hydrogen) atoms. The van der Waals surface area contributed by atoms with Gasteiger partial charge in [-0.3, -0.25) is 4.79 Å². The van der Waals surface area contributed by atoms with Crippen molar-refractivity contribution in [3.8, 4) is 0 Å². The van der Waals surface area contributed by atoms with E-state index in [0.29, 0.717) is 45.2 Å². The van der Waals surface area contributed by atoms with Crippen molar-refractivity contribution < 1.29 is 35.9 Å². The molecule has 0 atom stereocenters. The first-order valence-corrected chi connectivity index (χ1v) is 11.0. The van der Waals surface area contributed by atoms with Crippen LogP contribution in [0.5, 0.6) is 0 Å². The zero-order chi connectivity index (χ0) is 22.4. The summed E-state index contributed by atoms with van der Waals surface area (Å²) in [5, 5.41) is 0. The summed E-state index contributed by atoms with van der Waals surface area (Å²) in [4.78, 5) is 14.0. The lowest BCUT2D eigenvalue weighted by Crippen LogP contribution is -2.46. The Balaban J connectivity index is 2.06. The number of rotatable bonds is 9. The molecule has 1 aliphatic rings. The average Bonchev–Trinajstić information content (AvgIpc) is 2.73. The molecule has 0 N–H and O–H groups in total. The summed E-state index contributed by atoms with van der Waals surface area (Å²) in [5.74, 6) is -0.452. The molecule has 0 radical (unpaired) electrons. The highest BCUT2D eigenvalue weighted by Crippen LogP contribution is 2.32. The van der Waals surface area contributed by atoms with Gasteiger partial charge in [0.05, 0.1) is 23.7 Å². The first-order valence-electron chi connectivity index (χ1n) is 9.55. The van der Waals surface area contributed by atoms with E-state index < -0.39 is 26.7 Å². The minimum atomic E-state index is -4.63. The number of amides is 1. The van der Waals surface area contributed by atoms with Crippen LogP contribution in [0.3, 0.4) is 0 Å². The molecular formula is C19H27F3N2O5S. The van der Waals surface area contributed by atoms with Gasteiger partial charge in [-0.05, 0) is 31.0 Å². The Hall–Kier alpha value is -1.69. The second kappa shape index (κ2) is 10.6. The van der Waals surface area contributed by atoms with Crippen LogP contribution in [0.1, 0.15) is 18.4 Å². The molecule has 0 spiro atoms. The standard InChI is InChI=1S/C19H27F3N2O5S/c1-28-12-10-23(11-13-29-2)18(25)15-6-8-24(9-7-15)30(26,27)17-5-3-4-16(14-17)19(20,21)22/h3-5,14-15H,6-13H2,1-2H3. The zero-order valence-electron chi connectivity index (χ0n) is 17.0. The van der Waals surface area contributed by atoms with E-state index in [0.717, 1.165) is 22.5 Å². The maximum Gasteiger partial charge on any atom is 0.416 e. The second-order valence-corrected chi connectivity index (χ2v) is 8.95. The van der Waals surface area contributed by atoms with Crippen molar-refractivity contribution in [3.05, 3.63) is 29.8 Å². The van der Waals surface area contributed by atoms with Gasteiger partial charge in [0.1, 0.15) is 0 Å². The summed E-state index contributed by atoms with van der Waals surface area (Å²) in [7, 11) is -0.999. The Kier molecular flexibility index (Phi) is 8.65. The van der Waals surface area contributed by atoms with Gasteiger partial charge in [0.25, 0.3) is 0 Å². The normalized spacial score (nSPS) is 16.6. The Morgan fingerprint density at radius 1 is 1.13 bits per heavy atom. The number of alkyl halides is 3. The van der Waals surface area contributed by atoms with Crippen LogP contribution in [0.25, 0.3) is 0 Å². The van der Waals surface area contributed by atoms with Crippen molar-refractivity contribution in [1.82, 2.24) is 9.21 Å². The molecule has 11 heteroatoms. The Labute approximate surface area is 174 Å². The van der Waals surface area contributed by atoms with Crippen LogP contribution < -0.4 is 0 Å². The summed E-state index contributed by atoms with van der Waals surface area (Å²) in [6, 6.07) is 3.71. The van der Waals surface area contributed by atoms with Crippen LogP contribution in [0, 0.1) is 5.92 Å². The fourth-order valence-corrected chi connectivity index (χ4v) is 4.83. The third kappa shape index (κ3) is 6.16. The van der Waals surface area contributed by atoms with Crippen LogP contribution in [-0.4, -0.2) is 77.1 Å². The highest BCUT2D eigenvalue weighted by Gasteiger charge is 2.36. The van der Waals surface area contributed by atoms with E-state index in [2.05, 4.69) is 0 Å². The highest BCUT2D eigenvalue weighted by atomic mass is 32.2. The van der Waals surface area contributed by atoms with Gasteiger partial charge < -0.3 is 14.4 Å². The molecule has 1 heterocycles. The van der Waals surface area contributed by atoms with Crippen molar-refractivity contribution in [3.63, 3.8) is 0 Å². The fraction of sp³-hybridized carbons (Fsp3) is 0.632. The van der Waals surface area contributed by atoms with Crippen LogP contribution in [0.4, 0.5) is 13.2 Å². The first kappa shape index (κ1) is 24.6. The monoisotopic (exact) mass is 452 g/mol. The van der Waals surface area contributed by atoms with E-state index in [1.54, 1.807) is 4.90 Å². The number of benzene rings is 1. The van der Waals surface area contributed by atoms with Gasteiger partial charge in [0.15, 0.2) is 0 Å². The third-order valence-corrected chi connectivity index (χ3v) is 6.94. The SMILES string of the molecule is COCCN(CCOC)C(=O)C1CCN(S(=O)(=O)c2cccc(C(F)(F)F)c2)CC1. The van der Waals surface area contributed by atoms with E-state index in [1.165, 1.54) is 14.2 Å². The molecule has 0 bridgehead atoms. The summed E-state index contributed by atoms with van der Waals surface area (Å²) >= 11 is 0. The Morgan fingerprint density at radius 3 is 2.20 bits per heavy atom. The number of carbonyl (C=O) groups excluding carboxylic acids is 1. The van der Waals surface area contributed by atoms with Crippen LogP contribution in [-0.2, 0) is 30.5 Å². The lowest BCUT2D eigenvalue weighted by atomic mass is 9.96. The molecule has 0 saturated carbocycles. The van der Waals surface area contributed by atoms with E-state index >= 15 is 0 Å². The van der Waals surface area contributed by atoms with E-state index in [4.69, 9.17) is 9.47 Å².